The fourth-order valence-corrected chi connectivity index (χ4v) is 3.14. The first kappa shape index (κ1) is 9.20. The Hall–Kier alpha value is -0.370. The van der Waals surface area contributed by atoms with Crippen LogP contribution in [0.5, 0.6) is 0 Å². The molecule has 1 spiro atoms. The molecule has 0 aromatic carbocycles. The molecule has 0 saturated heterocycles. The van der Waals surface area contributed by atoms with E-state index in [9.17, 15) is 4.79 Å². The fraction of sp³-hybridized carbons (Fsp3) is 0.909. The van der Waals surface area contributed by atoms with E-state index < -0.39 is 5.60 Å². The Morgan fingerprint density at radius 3 is 2.31 bits per heavy atom. The molecular weight excluding hydrogens is 164 g/mol. The van der Waals surface area contributed by atoms with Crippen LogP contribution in [0.2, 0.25) is 0 Å². The minimum absolute atomic E-state index is 0.241. The normalized spacial score (nSPS) is 36.1. The average molecular weight is 182 g/mol. The number of rotatable bonds is 3. The average Bonchev–Trinajstić information content (AvgIpc) is 2.44. The second-order valence-corrected chi connectivity index (χ2v) is 4.43. The molecule has 1 unspecified atom stereocenters. The lowest BCUT2D eigenvalue weighted by atomic mass is 9.60. The van der Waals surface area contributed by atoms with E-state index in [2.05, 4.69) is 0 Å². The van der Waals surface area contributed by atoms with Gasteiger partial charge < -0.3 is 9.53 Å². The van der Waals surface area contributed by atoms with Gasteiger partial charge in [-0.1, -0.05) is 6.42 Å². The summed E-state index contributed by atoms with van der Waals surface area (Å²) in [7, 11) is 0. The number of aldehydes is 1. The van der Waals surface area contributed by atoms with E-state index in [0.717, 1.165) is 12.7 Å². The smallest absolute Gasteiger partial charge is 0.152 e. The minimum atomic E-state index is -0.403. The molecule has 2 saturated carbocycles. The lowest BCUT2D eigenvalue weighted by Crippen LogP contribution is -2.51. The molecule has 2 rings (SSSR count). The van der Waals surface area contributed by atoms with Crippen LogP contribution in [0.1, 0.15) is 45.4 Å². The van der Waals surface area contributed by atoms with E-state index in [1.54, 1.807) is 0 Å². The van der Waals surface area contributed by atoms with Gasteiger partial charge in [-0.25, -0.2) is 0 Å². The predicted molar refractivity (Wildman–Crippen MR) is 50.6 cm³/mol. The van der Waals surface area contributed by atoms with Crippen molar-refractivity contribution in [3.63, 3.8) is 0 Å². The van der Waals surface area contributed by atoms with E-state index in [4.69, 9.17) is 4.74 Å². The zero-order valence-electron chi connectivity index (χ0n) is 8.34. The lowest BCUT2D eigenvalue weighted by molar-refractivity contribution is -0.160. The Balaban J connectivity index is 2.21. The van der Waals surface area contributed by atoms with Gasteiger partial charge in [0.05, 0.1) is 0 Å². The summed E-state index contributed by atoms with van der Waals surface area (Å²) in [6, 6.07) is 0. The Morgan fingerprint density at radius 1 is 1.23 bits per heavy atom. The minimum Gasteiger partial charge on any atom is -0.367 e. The summed E-state index contributed by atoms with van der Waals surface area (Å²) in [5.41, 5.74) is -0.162. The molecule has 0 aliphatic heterocycles. The van der Waals surface area contributed by atoms with Crippen molar-refractivity contribution in [3.8, 4) is 0 Å². The van der Waals surface area contributed by atoms with Crippen LogP contribution in [-0.2, 0) is 9.53 Å². The molecule has 2 heteroatoms. The molecule has 1 atom stereocenters. The number of carbonyl (C=O) groups excluding carboxylic acids is 1. The summed E-state index contributed by atoms with van der Waals surface area (Å²) in [5.74, 6) is 0. The molecule has 0 bridgehead atoms. The second-order valence-electron chi connectivity index (χ2n) is 4.43. The summed E-state index contributed by atoms with van der Waals surface area (Å²) in [6.45, 7) is 2.65. The van der Waals surface area contributed by atoms with E-state index in [0.29, 0.717) is 6.61 Å². The maximum Gasteiger partial charge on any atom is 0.152 e. The number of hydrogen-bond donors (Lipinski definition) is 0. The van der Waals surface area contributed by atoms with Gasteiger partial charge >= 0.3 is 0 Å². The highest BCUT2D eigenvalue weighted by Crippen LogP contribution is 2.59. The standard InChI is InChI=1S/C11H18O2/c1-2-13-11(9-12)8-4-7-10(11)5-3-6-10/h9H,2-8H2,1H3. The Labute approximate surface area is 79.7 Å². The molecule has 2 aliphatic rings. The Bertz CT molecular complexity index is 208. The summed E-state index contributed by atoms with van der Waals surface area (Å²) >= 11 is 0. The van der Waals surface area contributed by atoms with Crippen LogP contribution >= 0.6 is 0 Å². The third-order valence-electron chi connectivity index (χ3n) is 4.00. The summed E-state index contributed by atoms with van der Waals surface area (Å²) < 4.78 is 5.73. The van der Waals surface area contributed by atoms with Crippen molar-refractivity contribution in [2.24, 2.45) is 5.41 Å². The first-order chi connectivity index (χ1) is 6.29. The van der Waals surface area contributed by atoms with Gasteiger partial charge in [0.2, 0.25) is 0 Å². The van der Waals surface area contributed by atoms with Gasteiger partial charge in [0.15, 0.2) is 6.29 Å². The van der Waals surface area contributed by atoms with Crippen LogP contribution in [-0.4, -0.2) is 18.5 Å². The molecule has 2 fully saturated rings. The van der Waals surface area contributed by atoms with Gasteiger partial charge in [-0.2, -0.15) is 0 Å². The third kappa shape index (κ3) is 1.08. The van der Waals surface area contributed by atoms with E-state index in [1.165, 1.54) is 32.1 Å². The summed E-state index contributed by atoms with van der Waals surface area (Å²) in [6.07, 6.45) is 8.08. The molecule has 2 nitrogen and oxygen atoms in total. The topological polar surface area (TPSA) is 26.3 Å². The van der Waals surface area contributed by atoms with Crippen molar-refractivity contribution in [1.29, 1.82) is 0 Å². The van der Waals surface area contributed by atoms with Gasteiger partial charge in [0.1, 0.15) is 5.60 Å². The van der Waals surface area contributed by atoms with Crippen LogP contribution < -0.4 is 0 Å². The fourth-order valence-electron chi connectivity index (χ4n) is 3.14. The molecule has 0 aromatic heterocycles. The van der Waals surface area contributed by atoms with Gasteiger partial charge in [-0.05, 0) is 39.0 Å². The number of hydrogen-bond acceptors (Lipinski definition) is 2. The zero-order valence-corrected chi connectivity index (χ0v) is 8.34. The monoisotopic (exact) mass is 182 g/mol. The van der Waals surface area contributed by atoms with Crippen molar-refractivity contribution < 1.29 is 9.53 Å². The van der Waals surface area contributed by atoms with Gasteiger partial charge in [0, 0.05) is 12.0 Å². The molecule has 2 aliphatic carbocycles. The molecular formula is C11H18O2. The molecule has 0 amide bonds. The molecule has 13 heavy (non-hydrogen) atoms. The number of ether oxygens (including phenoxy) is 1. The van der Waals surface area contributed by atoms with Crippen LogP contribution in [0, 0.1) is 5.41 Å². The van der Waals surface area contributed by atoms with E-state index >= 15 is 0 Å². The van der Waals surface area contributed by atoms with Crippen LogP contribution in [0.4, 0.5) is 0 Å². The highest BCUT2D eigenvalue weighted by atomic mass is 16.5. The lowest BCUT2D eigenvalue weighted by Gasteiger charge is -2.48. The quantitative estimate of drug-likeness (QED) is 0.626. The summed E-state index contributed by atoms with van der Waals surface area (Å²) in [4.78, 5) is 11.2. The predicted octanol–water partition coefficient (Wildman–Crippen LogP) is 2.31. The summed E-state index contributed by atoms with van der Waals surface area (Å²) in [5, 5.41) is 0. The highest BCUT2D eigenvalue weighted by molar-refractivity contribution is 5.65. The zero-order chi connectivity index (χ0) is 9.36. The Morgan fingerprint density at radius 2 is 1.85 bits per heavy atom. The maximum absolute atomic E-state index is 11.2. The highest BCUT2D eigenvalue weighted by Gasteiger charge is 2.58. The van der Waals surface area contributed by atoms with Gasteiger partial charge in [0.25, 0.3) is 0 Å². The van der Waals surface area contributed by atoms with Gasteiger partial charge in [-0.15, -0.1) is 0 Å². The molecule has 0 aromatic rings. The molecule has 0 N–H and O–H groups in total. The van der Waals surface area contributed by atoms with Gasteiger partial charge in [-0.3, -0.25) is 0 Å². The van der Waals surface area contributed by atoms with Crippen molar-refractivity contribution in [1.82, 2.24) is 0 Å². The first-order valence-corrected chi connectivity index (χ1v) is 5.39. The third-order valence-corrected chi connectivity index (χ3v) is 4.00. The first-order valence-electron chi connectivity index (χ1n) is 5.39. The van der Waals surface area contributed by atoms with Crippen LogP contribution in [0.25, 0.3) is 0 Å². The van der Waals surface area contributed by atoms with E-state index in [-0.39, 0.29) is 5.41 Å². The van der Waals surface area contributed by atoms with Crippen molar-refractivity contribution in [3.05, 3.63) is 0 Å². The number of carbonyl (C=O) groups is 1. The van der Waals surface area contributed by atoms with Crippen LogP contribution in [0.15, 0.2) is 0 Å². The largest absolute Gasteiger partial charge is 0.367 e. The van der Waals surface area contributed by atoms with Crippen molar-refractivity contribution >= 4 is 6.29 Å². The van der Waals surface area contributed by atoms with Crippen molar-refractivity contribution in [2.75, 3.05) is 6.61 Å². The SMILES string of the molecule is CCOC1(C=O)CCCC12CCC2. The second kappa shape index (κ2) is 3.09. The van der Waals surface area contributed by atoms with E-state index in [1.807, 2.05) is 6.92 Å². The molecule has 0 heterocycles. The Kier molecular flexibility index (Phi) is 2.18. The molecule has 74 valence electrons. The maximum atomic E-state index is 11.2. The van der Waals surface area contributed by atoms with Crippen LogP contribution in [0.3, 0.4) is 0 Å². The van der Waals surface area contributed by atoms with Crippen molar-refractivity contribution in [2.45, 2.75) is 51.0 Å². The molecule has 0 radical (unpaired) electrons.